The molecule has 1 rings (SSSR count). The SMILES string of the molecule is C=CCCSc1ccccc1C(=O)O. The van der Waals surface area contributed by atoms with Crippen LogP contribution in [0.2, 0.25) is 0 Å². The van der Waals surface area contributed by atoms with E-state index in [0.29, 0.717) is 5.56 Å². The Morgan fingerprint density at radius 1 is 1.50 bits per heavy atom. The fraction of sp³-hybridized carbons (Fsp3) is 0.182. The zero-order chi connectivity index (χ0) is 10.4. The molecule has 0 aliphatic rings. The molecule has 0 aromatic heterocycles. The van der Waals surface area contributed by atoms with Crippen LogP contribution in [0.1, 0.15) is 16.8 Å². The van der Waals surface area contributed by atoms with Crippen LogP contribution in [-0.4, -0.2) is 16.8 Å². The second-order valence-corrected chi connectivity index (χ2v) is 3.86. The highest BCUT2D eigenvalue weighted by atomic mass is 32.2. The Bertz CT molecular complexity index is 334. The van der Waals surface area contributed by atoms with Crippen molar-refractivity contribution >= 4 is 17.7 Å². The van der Waals surface area contributed by atoms with Crippen molar-refractivity contribution in [2.45, 2.75) is 11.3 Å². The van der Waals surface area contributed by atoms with Crippen molar-refractivity contribution in [2.75, 3.05) is 5.75 Å². The zero-order valence-electron chi connectivity index (χ0n) is 7.77. The maximum Gasteiger partial charge on any atom is 0.336 e. The standard InChI is InChI=1S/C11H12O2S/c1-2-3-8-14-10-7-5-4-6-9(10)11(12)13/h2,4-7H,1,3,8H2,(H,12,13). The van der Waals surface area contributed by atoms with Gasteiger partial charge in [0.2, 0.25) is 0 Å². The van der Waals surface area contributed by atoms with Crippen molar-refractivity contribution in [3.8, 4) is 0 Å². The second-order valence-electron chi connectivity index (χ2n) is 2.73. The van der Waals surface area contributed by atoms with Crippen molar-refractivity contribution in [1.29, 1.82) is 0 Å². The number of thioether (sulfide) groups is 1. The fourth-order valence-corrected chi connectivity index (χ4v) is 2.01. The Balaban J connectivity index is 2.74. The molecule has 2 nitrogen and oxygen atoms in total. The van der Waals surface area contributed by atoms with Gasteiger partial charge in [0.05, 0.1) is 5.56 Å². The van der Waals surface area contributed by atoms with E-state index in [1.807, 2.05) is 18.2 Å². The number of hydrogen-bond acceptors (Lipinski definition) is 2. The maximum atomic E-state index is 10.8. The lowest BCUT2D eigenvalue weighted by molar-refractivity contribution is 0.0693. The van der Waals surface area contributed by atoms with Crippen molar-refractivity contribution in [3.63, 3.8) is 0 Å². The molecule has 0 saturated carbocycles. The van der Waals surface area contributed by atoms with Crippen LogP contribution in [-0.2, 0) is 0 Å². The average Bonchev–Trinajstić information content (AvgIpc) is 2.19. The summed E-state index contributed by atoms with van der Waals surface area (Å²) in [6.45, 7) is 3.62. The third-order valence-electron chi connectivity index (χ3n) is 1.70. The summed E-state index contributed by atoms with van der Waals surface area (Å²) in [5.74, 6) is 0.0000491. The van der Waals surface area contributed by atoms with Gasteiger partial charge in [-0.2, -0.15) is 0 Å². The minimum Gasteiger partial charge on any atom is -0.478 e. The molecular weight excluding hydrogens is 196 g/mol. The fourth-order valence-electron chi connectivity index (χ4n) is 1.02. The normalized spacial score (nSPS) is 9.71. The van der Waals surface area contributed by atoms with Gasteiger partial charge in [0.15, 0.2) is 0 Å². The van der Waals surface area contributed by atoms with Gasteiger partial charge < -0.3 is 5.11 Å². The largest absolute Gasteiger partial charge is 0.478 e. The number of aromatic carboxylic acids is 1. The molecule has 0 radical (unpaired) electrons. The molecule has 0 bridgehead atoms. The lowest BCUT2D eigenvalue weighted by Gasteiger charge is -2.03. The maximum absolute atomic E-state index is 10.8. The molecule has 0 fully saturated rings. The quantitative estimate of drug-likeness (QED) is 0.459. The van der Waals surface area contributed by atoms with Gasteiger partial charge in [-0.25, -0.2) is 4.79 Å². The van der Waals surface area contributed by atoms with E-state index in [2.05, 4.69) is 6.58 Å². The topological polar surface area (TPSA) is 37.3 Å². The monoisotopic (exact) mass is 208 g/mol. The third kappa shape index (κ3) is 2.92. The summed E-state index contributed by atoms with van der Waals surface area (Å²) in [6, 6.07) is 7.04. The van der Waals surface area contributed by atoms with Crippen molar-refractivity contribution in [1.82, 2.24) is 0 Å². The molecule has 1 aromatic rings. The molecule has 0 aliphatic heterocycles. The summed E-state index contributed by atoms with van der Waals surface area (Å²) in [7, 11) is 0. The molecule has 0 aliphatic carbocycles. The van der Waals surface area contributed by atoms with Crippen LogP contribution >= 0.6 is 11.8 Å². The van der Waals surface area contributed by atoms with E-state index in [-0.39, 0.29) is 0 Å². The van der Waals surface area contributed by atoms with Crippen LogP contribution < -0.4 is 0 Å². The Morgan fingerprint density at radius 3 is 2.86 bits per heavy atom. The summed E-state index contributed by atoms with van der Waals surface area (Å²) >= 11 is 1.55. The van der Waals surface area contributed by atoms with E-state index in [0.717, 1.165) is 17.1 Å². The highest BCUT2D eigenvalue weighted by Crippen LogP contribution is 2.23. The number of benzene rings is 1. The van der Waals surface area contributed by atoms with Crippen molar-refractivity contribution in [3.05, 3.63) is 42.5 Å². The first-order valence-corrected chi connectivity index (χ1v) is 5.30. The lowest BCUT2D eigenvalue weighted by Crippen LogP contribution is -1.98. The van der Waals surface area contributed by atoms with E-state index < -0.39 is 5.97 Å². The third-order valence-corrected chi connectivity index (χ3v) is 2.80. The minimum atomic E-state index is -0.869. The van der Waals surface area contributed by atoms with Gasteiger partial charge in [-0.15, -0.1) is 18.3 Å². The number of carboxylic acids is 1. The molecule has 14 heavy (non-hydrogen) atoms. The Morgan fingerprint density at radius 2 is 2.21 bits per heavy atom. The molecule has 74 valence electrons. The first-order valence-electron chi connectivity index (χ1n) is 4.31. The Labute approximate surface area is 87.6 Å². The lowest BCUT2D eigenvalue weighted by atomic mass is 10.2. The summed E-state index contributed by atoms with van der Waals surface area (Å²) in [5.41, 5.74) is 0.376. The number of hydrogen-bond donors (Lipinski definition) is 1. The molecule has 0 atom stereocenters. The number of carboxylic acid groups (broad SMARTS) is 1. The molecule has 0 saturated heterocycles. The van der Waals surface area contributed by atoms with Crippen LogP contribution in [0.4, 0.5) is 0 Å². The van der Waals surface area contributed by atoms with Crippen LogP contribution in [0.25, 0.3) is 0 Å². The molecule has 0 spiro atoms. The number of carbonyl (C=O) groups is 1. The summed E-state index contributed by atoms with van der Waals surface area (Å²) in [5, 5.41) is 8.89. The molecule has 3 heteroatoms. The Kier molecular flexibility index (Phi) is 4.26. The van der Waals surface area contributed by atoms with Gasteiger partial charge >= 0.3 is 5.97 Å². The van der Waals surface area contributed by atoms with Crippen LogP contribution in [0, 0.1) is 0 Å². The summed E-state index contributed by atoms with van der Waals surface area (Å²) in [4.78, 5) is 11.6. The second kappa shape index (κ2) is 5.50. The molecule has 0 unspecified atom stereocenters. The molecule has 0 amide bonds. The highest BCUT2D eigenvalue weighted by Gasteiger charge is 2.08. The van der Waals surface area contributed by atoms with Gasteiger partial charge in [0.25, 0.3) is 0 Å². The van der Waals surface area contributed by atoms with Crippen molar-refractivity contribution < 1.29 is 9.90 Å². The first kappa shape index (κ1) is 10.9. The number of allylic oxidation sites excluding steroid dienone is 1. The molecule has 1 N–H and O–H groups in total. The summed E-state index contributed by atoms with van der Waals surface area (Å²) in [6.07, 6.45) is 2.72. The van der Waals surface area contributed by atoms with E-state index in [1.165, 1.54) is 0 Å². The van der Waals surface area contributed by atoms with E-state index in [4.69, 9.17) is 5.11 Å². The van der Waals surface area contributed by atoms with Gasteiger partial charge in [-0.3, -0.25) is 0 Å². The molecule has 0 heterocycles. The van der Waals surface area contributed by atoms with Crippen LogP contribution in [0.5, 0.6) is 0 Å². The minimum absolute atomic E-state index is 0.376. The van der Waals surface area contributed by atoms with Gasteiger partial charge in [-0.1, -0.05) is 18.2 Å². The Hall–Kier alpha value is -1.22. The van der Waals surface area contributed by atoms with Gasteiger partial charge in [-0.05, 0) is 18.6 Å². The number of rotatable bonds is 5. The average molecular weight is 208 g/mol. The van der Waals surface area contributed by atoms with Crippen LogP contribution in [0.3, 0.4) is 0 Å². The smallest absolute Gasteiger partial charge is 0.336 e. The zero-order valence-corrected chi connectivity index (χ0v) is 8.59. The highest BCUT2D eigenvalue weighted by molar-refractivity contribution is 7.99. The van der Waals surface area contributed by atoms with E-state index in [1.54, 1.807) is 23.9 Å². The van der Waals surface area contributed by atoms with Gasteiger partial charge in [0.1, 0.15) is 0 Å². The predicted octanol–water partition coefficient (Wildman–Crippen LogP) is 3.05. The van der Waals surface area contributed by atoms with Crippen molar-refractivity contribution in [2.24, 2.45) is 0 Å². The first-order chi connectivity index (χ1) is 6.75. The van der Waals surface area contributed by atoms with Gasteiger partial charge in [0, 0.05) is 10.6 Å². The molecular formula is C11H12O2S. The molecule has 1 aromatic carbocycles. The van der Waals surface area contributed by atoms with Crippen LogP contribution in [0.15, 0.2) is 41.8 Å². The van der Waals surface area contributed by atoms with E-state index >= 15 is 0 Å². The summed E-state index contributed by atoms with van der Waals surface area (Å²) < 4.78 is 0. The van der Waals surface area contributed by atoms with E-state index in [9.17, 15) is 4.79 Å². The predicted molar refractivity (Wildman–Crippen MR) is 58.9 cm³/mol.